The Hall–Kier alpha value is -4.73. The number of aromatic nitrogens is 2. The smallest absolute Gasteiger partial charge is 0.282 e. The summed E-state index contributed by atoms with van der Waals surface area (Å²) in [5, 5.41) is 8.20. The predicted octanol–water partition coefficient (Wildman–Crippen LogP) is 8.96. The van der Waals surface area contributed by atoms with Gasteiger partial charge < -0.3 is 13.9 Å². The molecule has 0 bridgehead atoms. The maximum Gasteiger partial charge on any atom is 0.282 e. The summed E-state index contributed by atoms with van der Waals surface area (Å²) < 4.78 is 20.9. The van der Waals surface area contributed by atoms with Gasteiger partial charge in [0.05, 0.1) is 28.7 Å². The van der Waals surface area contributed by atoms with Gasteiger partial charge in [0.25, 0.3) is 5.56 Å². The van der Waals surface area contributed by atoms with E-state index in [1.807, 2.05) is 60.7 Å². The van der Waals surface area contributed by atoms with Crippen molar-refractivity contribution in [1.29, 1.82) is 0 Å². The van der Waals surface area contributed by atoms with Crippen molar-refractivity contribution in [3.05, 3.63) is 134 Å². The Kier molecular flexibility index (Phi) is 7.49. The van der Waals surface area contributed by atoms with E-state index in [0.717, 1.165) is 26.2 Å². The number of para-hydroxylation sites is 1. The average Bonchev–Trinajstić information content (AvgIpc) is 3.46. The Labute approximate surface area is 268 Å². The topological polar surface area (TPSA) is 78.9 Å². The summed E-state index contributed by atoms with van der Waals surface area (Å²) >= 11 is 7.15. The normalized spacial score (nSPS) is 11.6. The molecule has 9 heteroatoms. The van der Waals surface area contributed by atoms with Gasteiger partial charge in [0.15, 0.2) is 17.3 Å². The van der Waals surface area contributed by atoms with Crippen LogP contribution in [0.25, 0.3) is 44.2 Å². The average molecular weight is 709 g/mol. The highest BCUT2D eigenvalue weighted by atomic mass is 79.9. The zero-order valence-corrected chi connectivity index (χ0v) is 26.5. The van der Waals surface area contributed by atoms with E-state index < -0.39 is 0 Å². The summed E-state index contributed by atoms with van der Waals surface area (Å²) in [4.78, 5) is 18.4. The molecule has 216 valence electrons. The highest BCUT2D eigenvalue weighted by Gasteiger charge is 2.17. The van der Waals surface area contributed by atoms with Gasteiger partial charge in [-0.2, -0.15) is 9.78 Å². The first kappa shape index (κ1) is 28.1. The minimum Gasteiger partial charge on any atom is -0.493 e. The van der Waals surface area contributed by atoms with Gasteiger partial charge in [-0.1, -0.05) is 70.5 Å². The fraction of sp³-hybridized carbons (Fsp3) is 0.0571. The van der Waals surface area contributed by atoms with E-state index in [4.69, 9.17) is 18.9 Å². The largest absolute Gasteiger partial charge is 0.493 e. The molecule has 0 saturated carbocycles. The standard InChI is InChI=1S/C35H23Br2N3O4/c1-42-31-16-21(15-28(37)33(31)43-20-23-9-6-8-22-7-2-3-10-26(22)23)19-38-40-34(39-29-12-5-4-11-27(29)35(40)41)32-18-24-17-25(36)13-14-30(24)44-32/h2-19H,20H2,1H3. The molecule has 0 spiro atoms. The zero-order chi connectivity index (χ0) is 30.2. The first-order chi connectivity index (χ1) is 21.5. The molecule has 0 aliphatic rings. The van der Waals surface area contributed by atoms with Crippen molar-refractivity contribution in [1.82, 2.24) is 9.66 Å². The highest BCUT2D eigenvalue weighted by molar-refractivity contribution is 9.10. The highest BCUT2D eigenvalue weighted by Crippen LogP contribution is 2.37. The van der Waals surface area contributed by atoms with Crippen LogP contribution >= 0.6 is 31.9 Å². The molecule has 0 amide bonds. The van der Waals surface area contributed by atoms with Crippen molar-refractivity contribution in [3.8, 4) is 23.1 Å². The van der Waals surface area contributed by atoms with Crippen molar-refractivity contribution in [2.24, 2.45) is 5.10 Å². The molecule has 0 atom stereocenters. The van der Waals surface area contributed by atoms with Crippen LogP contribution in [0.1, 0.15) is 11.1 Å². The SMILES string of the molecule is COc1cc(C=Nn2c(-c3cc4cc(Br)ccc4o3)nc3ccccc3c2=O)cc(Br)c1OCc1cccc2ccccc12. The molecule has 2 aromatic heterocycles. The molecule has 7 nitrogen and oxygen atoms in total. The lowest BCUT2D eigenvalue weighted by Crippen LogP contribution is -2.20. The number of hydrogen-bond donors (Lipinski definition) is 0. The summed E-state index contributed by atoms with van der Waals surface area (Å²) in [5.41, 5.74) is 2.67. The molecule has 2 heterocycles. The second kappa shape index (κ2) is 11.7. The minimum absolute atomic E-state index is 0.290. The molecule has 44 heavy (non-hydrogen) atoms. The molecule has 0 fully saturated rings. The van der Waals surface area contributed by atoms with E-state index >= 15 is 0 Å². The summed E-state index contributed by atoms with van der Waals surface area (Å²) in [6, 6.07) is 32.8. The van der Waals surface area contributed by atoms with Crippen molar-refractivity contribution in [3.63, 3.8) is 0 Å². The number of methoxy groups -OCH3 is 1. The number of hydrogen-bond acceptors (Lipinski definition) is 6. The molecular weight excluding hydrogens is 686 g/mol. The monoisotopic (exact) mass is 707 g/mol. The van der Waals surface area contributed by atoms with E-state index in [9.17, 15) is 4.79 Å². The van der Waals surface area contributed by atoms with Crippen LogP contribution in [0.15, 0.2) is 126 Å². The molecule has 0 N–H and O–H groups in total. The third kappa shape index (κ3) is 5.29. The molecule has 5 aromatic carbocycles. The summed E-state index contributed by atoms with van der Waals surface area (Å²) in [5.74, 6) is 1.80. The first-order valence-electron chi connectivity index (χ1n) is 13.7. The number of nitrogens with zero attached hydrogens (tertiary/aromatic N) is 3. The van der Waals surface area contributed by atoms with Gasteiger partial charge in [0.2, 0.25) is 5.82 Å². The summed E-state index contributed by atoms with van der Waals surface area (Å²) in [6.07, 6.45) is 1.59. The van der Waals surface area contributed by atoms with Gasteiger partial charge in [0, 0.05) is 9.86 Å². The van der Waals surface area contributed by atoms with Crippen molar-refractivity contribution in [2.45, 2.75) is 6.61 Å². The summed E-state index contributed by atoms with van der Waals surface area (Å²) in [6.45, 7) is 0.360. The molecular formula is C35H23Br2N3O4. The third-order valence-corrected chi connectivity index (χ3v) is 8.36. The Balaban J connectivity index is 1.26. The Bertz CT molecular complexity index is 2290. The molecule has 0 saturated heterocycles. The second-order valence-corrected chi connectivity index (χ2v) is 11.8. The number of halogens is 2. The Morgan fingerprint density at radius 2 is 1.68 bits per heavy atom. The maximum atomic E-state index is 13.7. The minimum atomic E-state index is -0.315. The van der Waals surface area contributed by atoms with Crippen molar-refractivity contribution >= 4 is 70.7 Å². The van der Waals surface area contributed by atoms with E-state index in [1.165, 1.54) is 4.68 Å². The Morgan fingerprint density at radius 3 is 2.55 bits per heavy atom. The van der Waals surface area contributed by atoms with Crippen molar-refractivity contribution < 1.29 is 13.9 Å². The van der Waals surface area contributed by atoms with Crippen LogP contribution in [0, 0.1) is 0 Å². The number of ether oxygens (including phenoxy) is 2. The van der Waals surface area contributed by atoms with Gasteiger partial charge in [0.1, 0.15) is 12.2 Å². The lowest BCUT2D eigenvalue weighted by atomic mass is 10.1. The van der Waals surface area contributed by atoms with Crippen LogP contribution in [0.3, 0.4) is 0 Å². The van der Waals surface area contributed by atoms with E-state index in [2.05, 4.69) is 61.2 Å². The van der Waals surface area contributed by atoms with Crippen LogP contribution in [-0.2, 0) is 6.61 Å². The fourth-order valence-corrected chi connectivity index (χ4v) is 6.11. The second-order valence-electron chi connectivity index (χ2n) is 10.1. The maximum absolute atomic E-state index is 13.7. The van der Waals surface area contributed by atoms with Gasteiger partial charge in [-0.05, 0) is 86.4 Å². The molecule has 0 aliphatic heterocycles. The fourth-order valence-electron chi connectivity index (χ4n) is 5.16. The van der Waals surface area contributed by atoms with Gasteiger partial charge in [-0.3, -0.25) is 4.79 Å². The lowest BCUT2D eigenvalue weighted by Gasteiger charge is -2.14. The van der Waals surface area contributed by atoms with Crippen LogP contribution < -0.4 is 15.0 Å². The van der Waals surface area contributed by atoms with Crippen LogP contribution in [0.2, 0.25) is 0 Å². The molecule has 7 aromatic rings. The van der Waals surface area contributed by atoms with Gasteiger partial charge >= 0.3 is 0 Å². The molecule has 7 rings (SSSR count). The molecule has 0 unspecified atom stereocenters. The summed E-state index contributed by atoms with van der Waals surface area (Å²) in [7, 11) is 1.59. The zero-order valence-electron chi connectivity index (χ0n) is 23.3. The van der Waals surface area contributed by atoms with Crippen LogP contribution in [0.4, 0.5) is 0 Å². The number of furan rings is 1. The quantitative estimate of drug-likeness (QED) is 0.155. The van der Waals surface area contributed by atoms with Crippen molar-refractivity contribution in [2.75, 3.05) is 7.11 Å². The number of rotatable bonds is 7. The number of benzene rings is 5. The van der Waals surface area contributed by atoms with E-state index in [-0.39, 0.29) is 5.56 Å². The van der Waals surface area contributed by atoms with Gasteiger partial charge in [-0.25, -0.2) is 4.98 Å². The Morgan fingerprint density at radius 1 is 0.886 bits per heavy atom. The third-order valence-electron chi connectivity index (χ3n) is 7.28. The van der Waals surface area contributed by atoms with E-state index in [1.54, 1.807) is 31.5 Å². The van der Waals surface area contributed by atoms with E-state index in [0.29, 0.717) is 56.2 Å². The van der Waals surface area contributed by atoms with Crippen LogP contribution in [-0.4, -0.2) is 23.0 Å². The predicted molar refractivity (Wildman–Crippen MR) is 181 cm³/mol. The first-order valence-corrected chi connectivity index (χ1v) is 15.3. The van der Waals surface area contributed by atoms with Crippen LogP contribution in [0.5, 0.6) is 11.5 Å². The lowest BCUT2D eigenvalue weighted by molar-refractivity contribution is 0.283. The molecule has 0 aliphatic carbocycles. The molecule has 0 radical (unpaired) electrons. The van der Waals surface area contributed by atoms with Gasteiger partial charge in [-0.15, -0.1) is 0 Å². The number of fused-ring (bicyclic) bond motifs is 3.